The van der Waals surface area contributed by atoms with Crippen molar-refractivity contribution < 1.29 is 14.3 Å². The maximum absolute atomic E-state index is 13.0. The van der Waals surface area contributed by atoms with Gasteiger partial charge in [-0.1, -0.05) is 19.1 Å². The number of nitrogen functional groups attached to an aromatic ring is 1. The van der Waals surface area contributed by atoms with E-state index >= 15 is 0 Å². The standard InChI is InChI=1S/C18H22N10O4/c1-4-26(5-2)10-14-15(27(25-21-14)17-16(19)23-32-24-17)18(29)22-20-11(3)12-6-8-13(9-7-12)28(30)31/h6-9H,4-5,10H2,1-3H3,(H2,19,23)(H,22,29)/b20-11+. The van der Waals surface area contributed by atoms with E-state index in [1.165, 1.54) is 12.1 Å². The van der Waals surface area contributed by atoms with Gasteiger partial charge in [0.05, 0.1) is 10.6 Å². The lowest BCUT2D eigenvalue weighted by atomic mass is 10.1. The van der Waals surface area contributed by atoms with E-state index in [1.807, 2.05) is 13.8 Å². The predicted molar refractivity (Wildman–Crippen MR) is 113 cm³/mol. The van der Waals surface area contributed by atoms with Gasteiger partial charge in [-0.15, -0.1) is 5.10 Å². The second kappa shape index (κ2) is 9.74. The van der Waals surface area contributed by atoms with Gasteiger partial charge in [0.2, 0.25) is 11.6 Å². The molecule has 0 aliphatic carbocycles. The molecule has 3 N–H and O–H groups in total. The first-order chi connectivity index (χ1) is 15.3. The zero-order valence-electron chi connectivity index (χ0n) is 17.7. The normalized spacial score (nSPS) is 11.7. The molecule has 0 bridgehead atoms. The number of nitro benzene ring substituents is 1. The average molecular weight is 442 g/mol. The molecule has 0 spiro atoms. The molecule has 0 fully saturated rings. The molecule has 0 atom stereocenters. The summed E-state index contributed by atoms with van der Waals surface area (Å²) in [4.78, 5) is 25.4. The van der Waals surface area contributed by atoms with Gasteiger partial charge in [-0.2, -0.15) is 9.78 Å². The number of nitro groups is 1. The fraction of sp³-hybridized carbons (Fsp3) is 0.333. The first-order valence-corrected chi connectivity index (χ1v) is 9.70. The van der Waals surface area contributed by atoms with Gasteiger partial charge in [0.1, 0.15) is 5.69 Å². The monoisotopic (exact) mass is 442 g/mol. The van der Waals surface area contributed by atoms with Crippen LogP contribution in [0.3, 0.4) is 0 Å². The molecule has 3 aromatic rings. The quantitative estimate of drug-likeness (QED) is 0.277. The van der Waals surface area contributed by atoms with Crippen LogP contribution in [0, 0.1) is 10.1 Å². The van der Waals surface area contributed by atoms with Crippen molar-refractivity contribution >= 4 is 23.1 Å². The molecule has 0 unspecified atom stereocenters. The van der Waals surface area contributed by atoms with Crippen molar-refractivity contribution in [2.24, 2.45) is 5.10 Å². The molecule has 1 amide bonds. The minimum absolute atomic E-state index is 0.0320. The van der Waals surface area contributed by atoms with Crippen LogP contribution in [0.2, 0.25) is 0 Å². The topological polar surface area (TPSA) is 183 Å². The molecule has 14 heteroatoms. The molecule has 14 nitrogen and oxygen atoms in total. The van der Waals surface area contributed by atoms with Gasteiger partial charge in [-0.25, -0.2) is 10.1 Å². The predicted octanol–water partition coefficient (Wildman–Crippen LogP) is 1.14. The summed E-state index contributed by atoms with van der Waals surface area (Å²) in [6.07, 6.45) is 0. The molecule has 0 saturated heterocycles. The molecule has 0 aliphatic heterocycles. The lowest BCUT2D eigenvalue weighted by molar-refractivity contribution is -0.384. The van der Waals surface area contributed by atoms with Crippen LogP contribution in [0.4, 0.5) is 11.5 Å². The van der Waals surface area contributed by atoms with Crippen LogP contribution in [0.25, 0.3) is 5.82 Å². The summed E-state index contributed by atoms with van der Waals surface area (Å²) in [7, 11) is 0. The summed E-state index contributed by atoms with van der Waals surface area (Å²) < 4.78 is 5.77. The molecule has 0 radical (unpaired) electrons. The van der Waals surface area contributed by atoms with E-state index in [9.17, 15) is 14.9 Å². The molecule has 1 aromatic carbocycles. The van der Waals surface area contributed by atoms with Crippen LogP contribution in [-0.4, -0.2) is 59.8 Å². The lowest BCUT2D eigenvalue weighted by Gasteiger charge is -2.16. The third kappa shape index (κ3) is 4.75. The number of hydrogen-bond donors (Lipinski definition) is 2. The van der Waals surface area contributed by atoms with E-state index in [0.29, 0.717) is 23.5 Å². The first-order valence-electron chi connectivity index (χ1n) is 9.70. The summed E-state index contributed by atoms with van der Waals surface area (Å²) in [5.74, 6) is -0.616. The number of nitrogens with zero attached hydrogens (tertiary/aromatic N) is 8. The van der Waals surface area contributed by atoms with Gasteiger partial charge in [-0.3, -0.25) is 19.8 Å². The molecule has 3 rings (SSSR count). The van der Waals surface area contributed by atoms with Crippen molar-refractivity contribution in [2.45, 2.75) is 27.3 Å². The Morgan fingerprint density at radius 2 is 1.97 bits per heavy atom. The SMILES string of the molecule is CCN(CC)Cc1nnn(-c2nonc2N)c1C(=O)N/N=C(\C)c1ccc([N+](=O)[O-])cc1. The van der Waals surface area contributed by atoms with Crippen molar-refractivity contribution in [1.82, 2.24) is 35.6 Å². The van der Waals surface area contributed by atoms with Crippen LogP contribution in [0.5, 0.6) is 0 Å². The van der Waals surface area contributed by atoms with E-state index in [1.54, 1.807) is 19.1 Å². The molecule has 2 aromatic heterocycles. The number of benzene rings is 1. The first kappa shape index (κ1) is 22.5. The van der Waals surface area contributed by atoms with Crippen molar-refractivity contribution in [1.29, 1.82) is 0 Å². The fourth-order valence-corrected chi connectivity index (χ4v) is 2.87. The number of nitrogens with two attached hydrogens (primary N) is 1. The highest BCUT2D eigenvalue weighted by atomic mass is 16.6. The van der Waals surface area contributed by atoms with Crippen LogP contribution >= 0.6 is 0 Å². The second-order valence-electron chi connectivity index (χ2n) is 6.67. The molecule has 0 aliphatic rings. The minimum atomic E-state index is -0.596. The number of aromatic nitrogens is 5. The average Bonchev–Trinajstić information content (AvgIpc) is 3.41. The maximum atomic E-state index is 13.0. The van der Waals surface area contributed by atoms with Crippen LogP contribution in [0.1, 0.15) is 42.5 Å². The van der Waals surface area contributed by atoms with Gasteiger partial charge in [0.25, 0.3) is 11.6 Å². The third-order valence-corrected chi connectivity index (χ3v) is 4.74. The van der Waals surface area contributed by atoms with Gasteiger partial charge >= 0.3 is 0 Å². The summed E-state index contributed by atoms with van der Waals surface area (Å²) in [6.45, 7) is 7.50. The Kier molecular flexibility index (Phi) is 6.84. The number of carbonyl (C=O) groups excluding carboxylic acids is 1. The number of non-ortho nitro benzene ring substituents is 1. The fourth-order valence-electron chi connectivity index (χ4n) is 2.87. The van der Waals surface area contributed by atoms with Gasteiger partial charge in [0, 0.05) is 18.7 Å². The highest BCUT2D eigenvalue weighted by Crippen LogP contribution is 2.17. The zero-order valence-corrected chi connectivity index (χ0v) is 17.7. The zero-order chi connectivity index (χ0) is 23.3. The number of carbonyl (C=O) groups is 1. The van der Waals surface area contributed by atoms with E-state index in [2.05, 4.69) is 40.7 Å². The molecule has 32 heavy (non-hydrogen) atoms. The Bertz CT molecular complexity index is 1130. The lowest BCUT2D eigenvalue weighted by Crippen LogP contribution is -2.27. The maximum Gasteiger partial charge on any atom is 0.292 e. The van der Waals surface area contributed by atoms with Crippen LogP contribution in [-0.2, 0) is 6.54 Å². The number of nitrogens with one attached hydrogen (secondary N) is 1. The van der Waals surface area contributed by atoms with E-state index < -0.39 is 10.8 Å². The second-order valence-corrected chi connectivity index (χ2v) is 6.67. The molecule has 168 valence electrons. The van der Waals surface area contributed by atoms with Crippen LogP contribution in [0.15, 0.2) is 34.0 Å². The Morgan fingerprint density at radius 3 is 2.53 bits per heavy atom. The van der Waals surface area contributed by atoms with Crippen molar-refractivity contribution in [3.05, 3.63) is 51.3 Å². The van der Waals surface area contributed by atoms with Gasteiger partial charge in [-0.05, 0) is 48.0 Å². The molecule has 2 heterocycles. The number of hydrogen-bond acceptors (Lipinski definition) is 11. The van der Waals surface area contributed by atoms with Crippen molar-refractivity contribution in [3.63, 3.8) is 0 Å². The minimum Gasteiger partial charge on any atom is -0.378 e. The van der Waals surface area contributed by atoms with Gasteiger partial charge < -0.3 is 5.73 Å². The number of anilines is 1. The third-order valence-electron chi connectivity index (χ3n) is 4.74. The van der Waals surface area contributed by atoms with Crippen molar-refractivity contribution in [2.75, 3.05) is 18.8 Å². The summed E-state index contributed by atoms with van der Waals surface area (Å²) in [5, 5.41) is 30.2. The van der Waals surface area contributed by atoms with E-state index in [0.717, 1.165) is 17.8 Å². The highest BCUT2D eigenvalue weighted by molar-refractivity contribution is 6.01. The smallest absolute Gasteiger partial charge is 0.292 e. The molecular formula is C18H22N10O4. The van der Waals surface area contributed by atoms with E-state index in [-0.39, 0.29) is 23.0 Å². The Labute approximate surface area is 182 Å². The molecule has 0 saturated carbocycles. The number of rotatable bonds is 9. The van der Waals surface area contributed by atoms with E-state index in [4.69, 9.17) is 5.73 Å². The van der Waals surface area contributed by atoms with Crippen molar-refractivity contribution in [3.8, 4) is 5.82 Å². The Balaban J connectivity index is 1.89. The number of amides is 1. The largest absolute Gasteiger partial charge is 0.378 e. The highest BCUT2D eigenvalue weighted by Gasteiger charge is 2.26. The van der Waals surface area contributed by atoms with Crippen LogP contribution < -0.4 is 11.2 Å². The summed E-state index contributed by atoms with van der Waals surface area (Å²) in [5.41, 5.74) is 9.72. The number of hydrazone groups is 1. The summed E-state index contributed by atoms with van der Waals surface area (Å²) in [6, 6.07) is 5.81. The summed E-state index contributed by atoms with van der Waals surface area (Å²) >= 11 is 0. The Morgan fingerprint density at radius 1 is 1.28 bits per heavy atom. The molecular weight excluding hydrogens is 420 g/mol. The Hall–Kier alpha value is -4.20. The van der Waals surface area contributed by atoms with Gasteiger partial charge in [0.15, 0.2) is 5.69 Å².